The fraction of sp³-hybridized carbons (Fsp3) is 0.615. The van der Waals surface area contributed by atoms with Crippen LogP contribution in [-0.4, -0.2) is 31.6 Å². The third-order valence-corrected chi connectivity index (χ3v) is 3.77. The number of hydrogen-bond donors (Lipinski definition) is 0. The van der Waals surface area contributed by atoms with Gasteiger partial charge in [0.1, 0.15) is 5.82 Å². The molecule has 0 unspecified atom stereocenters. The van der Waals surface area contributed by atoms with Gasteiger partial charge in [-0.25, -0.2) is 4.98 Å². The van der Waals surface area contributed by atoms with Gasteiger partial charge in [0.2, 0.25) is 5.89 Å². The zero-order chi connectivity index (χ0) is 15.0. The van der Waals surface area contributed by atoms with Crippen LogP contribution in [0.25, 0.3) is 0 Å². The van der Waals surface area contributed by atoms with Crippen LogP contribution in [0, 0.1) is 0 Å². The molecule has 3 rings (SSSR count). The zero-order valence-corrected chi connectivity index (χ0v) is 11.9. The van der Waals surface area contributed by atoms with Crippen molar-refractivity contribution in [2.24, 2.45) is 0 Å². The smallest absolute Gasteiger partial charge is 0.319 e. The van der Waals surface area contributed by atoms with Crippen molar-refractivity contribution in [3.05, 3.63) is 29.9 Å². The van der Waals surface area contributed by atoms with Crippen molar-refractivity contribution >= 4 is 0 Å². The highest BCUT2D eigenvalue weighted by Crippen LogP contribution is 2.38. The lowest BCUT2D eigenvalue weighted by Gasteiger charge is -2.21. The van der Waals surface area contributed by atoms with Gasteiger partial charge in [0.05, 0.1) is 12.6 Å². The molecule has 6 nitrogen and oxygen atoms in total. The maximum absolute atomic E-state index is 12.8. The quantitative estimate of drug-likeness (QED) is 0.820. The van der Waals surface area contributed by atoms with Gasteiger partial charge in [-0.05, 0) is 26.8 Å². The molecule has 1 atom stereocenters. The fourth-order valence-corrected chi connectivity index (χ4v) is 2.12. The van der Waals surface area contributed by atoms with Crippen LogP contribution in [0.3, 0.4) is 0 Å². The van der Waals surface area contributed by atoms with Crippen molar-refractivity contribution < 1.29 is 13.3 Å². The Hall–Kier alpha value is -1.83. The van der Waals surface area contributed by atoms with Crippen molar-refractivity contribution in [3.8, 4) is 0 Å². The second kappa shape index (κ2) is 5.51. The van der Waals surface area contributed by atoms with Crippen molar-refractivity contribution in [1.29, 1.82) is 0 Å². The molecule has 21 heavy (non-hydrogen) atoms. The van der Waals surface area contributed by atoms with E-state index in [-0.39, 0.29) is 12.6 Å². The summed E-state index contributed by atoms with van der Waals surface area (Å²) in [6.45, 7) is -0.407. The summed E-state index contributed by atoms with van der Waals surface area (Å²) in [5.74, 6) is 1.99. The topological polar surface area (TPSA) is 60.0 Å². The van der Waals surface area contributed by atoms with Gasteiger partial charge in [0, 0.05) is 18.3 Å². The molecule has 0 amide bonds. The van der Waals surface area contributed by atoms with Crippen molar-refractivity contribution in [2.45, 2.75) is 44.8 Å². The van der Waals surface area contributed by atoms with E-state index in [4.69, 9.17) is 4.52 Å². The van der Waals surface area contributed by atoms with Gasteiger partial charge >= 0.3 is 6.55 Å². The average molecular weight is 297 g/mol. The normalized spacial score (nSPS) is 16.9. The Kier molecular flexibility index (Phi) is 3.71. The number of aromatic nitrogens is 4. The molecule has 2 aromatic heterocycles. The summed E-state index contributed by atoms with van der Waals surface area (Å²) < 4.78 is 31.7. The first-order valence-corrected chi connectivity index (χ1v) is 6.90. The highest BCUT2D eigenvalue weighted by Gasteiger charge is 2.30. The van der Waals surface area contributed by atoms with Gasteiger partial charge in [-0.3, -0.25) is 9.47 Å². The van der Waals surface area contributed by atoms with Gasteiger partial charge in [-0.1, -0.05) is 5.16 Å². The number of imidazole rings is 1. The Balaban J connectivity index is 1.68. The lowest BCUT2D eigenvalue weighted by atomic mass is 10.3. The molecule has 1 fully saturated rings. The van der Waals surface area contributed by atoms with Crippen LogP contribution in [-0.2, 0) is 6.54 Å². The summed E-state index contributed by atoms with van der Waals surface area (Å²) in [6, 6.07) is -0.159. The minimum Gasteiger partial charge on any atom is -0.338 e. The molecule has 8 heteroatoms. The third-order valence-electron chi connectivity index (χ3n) is 3.77. The monoisotopic (exact) mass is 297 g/mol. The molecule has 2 aromatic rings. The predicted molar refractivity (Wildman–Crippen MR) is 69.6 cm³/mol. The molecular weight excluding hydrogens is 280 g/mol. The highest BCUT2D eigenvalue weighted by atomic mass is 19.3. The van der Waals surface area contributed by atoms with Crippen LogP contribution in [0.1, 0.15) is 55.8 Å². The maximum atomic E-state index is 12.8. The molecule has 2 heterocycles. The van der Waals surface area contributed by atoms with Crippen molar-refractivity contribution in [3.63, 3.8) is 0 Å². The van der Waals surface area contributed by atoms with Crippen LogP contribution >= 0.6 is 0 Å². The Labute approximate surface area is 120 Å². The first-order chi connectivity index (χ1) is 10.1. The number of hydrogen-bond acceptors (Lipinski definition) is 5. The summed E-state index contributed by atoms with van der Waals surface area (Å²) in [6.07, 6.45) is 4.86. The highest BCUT2D eigenvalue weighted by molar-refractivity contribution is 5.05. The van der Waals surface area contributed by atoms with E-state index < -0.39 is 6.55 Å². The van der Waals surface area contributed by atoms with Gasteiger partial charge in [0.15, 0.2) is 5.82 Å². The predicted octanol–water partition coefficient (Wildman–Crippen LogP) is 2.73. The molecule has 0 radical (unpaired) electrons. The van der Waals surface area contributed by atoms with Crippen LogP contribution in [0.5, 0.6) is 0 Å². The largest absolute Gasteiger partial charge is 0.338 e. The van der Waals surface area contributed by atoms with E-state index in [2.05, 4.69) is 15.1 Å². The SMILES string of the molecule is C[C@@H](c1nc(C2CC2)no1)N(C)Cc1nccn1C(F)F. The number of nitrogens with zero attached hydrogens (tertiary/aromatic N) is 5. The first kappa shape index (κ1) is 14.1. The lowest BCUT2D eigenvalue weighted by molar-refractivity contribution is 0.0630. The molecule has 114 valence electrons. The van der Waals surface area contributed by atoms with Crippen LogP contribution in [0.4, 0.5) is 8.78 Å². The van der Waals surface area contributed by atoms with Crippen LogP contribution < -0.4 is 0 Å². The van der Waals surface area contributed by atoms with Crippen LogP contribution in [0.15, 0.2) is 16.9 Å². The molecule has 0 bridgehead atoms. The summed E-state index contributed by atoms with van der Waals surface area (Å²) >= 11 is 0. The Morgan fingerprint density at radius 3 is 2.90 bits per heavy atom. The van der Waals surface area contributed by atoms with Gasteiger partial charge in [0.25, 0.3) is 0 Å². The van der Waals surface area contributed by atoms with Crippen molar-refractivity contribution in [1.82, 2.24) is 24.6 Å². The second-order valence-electron chi connectivity index (χ2n) is 5.38. The summed E-state index contributed by atoms with van der Waals surface area (Å²) in [5.41, 5.74) is 0. The Morgan fingerprint density at radius 2 is 2.24 bits per heavy atom. The van der Waals surface area contributed by atoms with E-state index in [9.17, 15) is 8.78 Å². The maximum Gasteiger partial charge on any atom is 0.319 e. The minimum atomic E-state index is -2.59. The van der Waals surface area contributed by atoms with E-state index in [0.29, 0.717) is 17.6 Å². The van der Waals surface area contributed by atoms with E-state index in [1.54, 1.807) is 0 Å². The standard InChI is InChI=1S/C13H17F2N5O/c1-8(12-17-11(18-21-12)9-3-4-9)19(2)7-10-16-5-6-20(10)13(14)15/h5-6,8-9,13H,3-4,7H2,1-2H3/t8-/m0/s1. The van der Waals surface area contributed by atoms with E-state index in [0.717, 1.165) is 23.2 Å². The average Bonchev–Trinajstić information content (AvgIpc) is 3.01. The number of halogens is 2. The molecule has 0 N–H and O–H groups in total. The molecule has 1 aliphatic carbocycles. The van der Waals surface area contributed by atoms with Gasteiger partial charge in [-0.15, -0.1) is 0 Å². The number of rotatable bonds is 6. The van der Waals surface area contributed by atoms with Crippen molar-refractivity contribution in [2.75, 3.05) is 7.05 Å². The van der Waals surface area contributed by atoms with Gasteiger partial charge < -0.3 is 4.52 Å². The Morgan fingerprint density at radius 1 is 1.48 bits per heavy atom. The lowest BCUT2D eigenvalue weighted by Crippen LogP contribution is -2.24. The molecule has 1 saturated carbocycles. The first-order valence-electron chi connectivity index (χ1n) is 6.90. The van der Waals surface area contributed by atoms with Gasteiger partial charge in [-0.2, -0.15) is 13.8 Å². The number of alkyl halides is 2. The van der Waals surface area contributed by atoms with E-state index in [1.807, 2.05) is 18.9 Å². The van der Waals surface area contributed by atoms with Crippen LogP contribution in [0.2, 0.25) is 0 Å². The molecule has 1 aliphatic rings. The van der Waals surface area contributed by atoms with E-state index in [1.165, 1.54) is 12.4 Å². The fourth-order valence-electron chi connectivity index (χ4n) is 2.12. The summed E-state index contributed by atoms with van der Waals surface area (Å²) in [7, 11) is 1.82. The molecule has 0 aromatic carbocycles. The second-order valence-corrected chi connectivity index (χ2v) is 5.38. The Bertz CT molecular complexity index is 607. The molecular formula is C13H17F2N5O. The van der Waals surface area contributed by atoms with E-state index >= 15 is 0 Å². The molecule has 0 aliphatic heterocycles. The zero-order valence-electron chi connectivity index (χ0n) is 11.9. The summed E-state index contributed by atoms with van der Waals surface area (Å²) in [4.78, 5) is 10.2. The third kappa shape index (κ3) is 2.94. The molecule has 0 spiro atoms. The molecule has 0 saturated heterocycles. The summed E-state index contributed by atoms with van der Waals surface area (Å²) in [5, 5.41) is 3.97. The minimum absolute atomic E-state index is 0.159.